The maximum Gasteiger partial charge on any atom is 0.337 e. The van der Waals surface area contributed by atoms with Gasteiger partial charge in [-0.15, -0.1) is 0 Å². The molecule has 6 rings (SSSR count). The van der Waals surface area contributed by atoms with Crippen LogP contribution >= 0.6 is 0 Å². The van der Waals surface area contributed by atoms with E-state index in [0.29, 0.717) is 29.7 Å². The lowest BCUT2D eigenvalue weighted by atomic mass is 9.41. The van der Waals surface area contributed by atoms with Crippen LogP contribution in [0.5, 0.6) is 0 Å². The molecule has 5 unspecified atom stereocenters. The van der Waals surface area contributed by atoms with Gasteiger partial charge in [0.2, 0.25) is 0 Å². The number of hydrogen-bond donors (Lipinski definition) is 1. The number of esters is 2. The van der Waals surface area contributed by atoms with Crippen molar-refractivity contribution in [3.63, 3.8) is 0 Å². The van der Waals surface area contributed by atoms with Crippen LogP contribution in [0.2, 0.25) is 0 Å². The highest BCUT2D eigenvalue weighted by molar-refractivity contribution is 5.98. The second-order valence-electron chi connectivity index (χ2n) is 14.0. The van der Waals surface area contributed by atoms with Gasteiger partial charge in [-0.2, -0.15) is 0 Å². The Morgan fingerprint density at radius 2 is 1.92 bits per heavy atom. The molecule has 214 valence electrons. The van der Waals surface area contributed by atoms with Crippen molar-refractivity contribution in [3.05, 3.63) is 23.3 Å². The SMILES string of the molecule is CC(=O)OCC1=C(C)CC([C@@H](C)C2CCC3C4C[C@H]5O[C@]56[C@H](O)C=CC(=O)[C@]6(C(C)C)C4CC[C@@]32C)OC1=O. The summed E-state index contributed by atoms with van der Waals surface area (Å²) in [6, 6.07) is 0. The van der Waals surface area contributed by atoms with Gasteiger partial charge in [-0.3, -0.25) is 9.59 Å². The molecule has 7 nitrogen and oxygen atoms in total. The molecule has 1 spiro atoms. The van der Waals surface area contributed by atoms with Crippen LogP contribution in [0.1, 0.15) is 80.1 Å². The van der Waals surface area contributed by atoms with Crippen molar-refractivity contribution < 1.29 is 33.7 Å². The minimum absolute atomic E-state index is 0.0294. The predicted octanol–water partition coefficient (Wildman–Crippen LogP) is 4.56. The van der Waals surface area contributed by atoms with Gasteiger partial charge in [-0.1, -0.05) is 33.3 Å². The van der Waals surface area contributed by atoms with Crippen LogP contribution in [0.4, 0.5) is 0 Å². The van der Waals surface area contributed by atoms with Crippen LogP contribution in [-0.4, -0.2) is 53.3 Å². The maximum absolute atomic E-state index is 13.8. The Morgan fingerprint density at radius 1 is 1.18 bits per heavy atom. The average Bonchev–Trinajstić information content (AvgIpc) is 3.49. The summed E-state index contributed by atoms with van der Waals surface area (Å²) in [5.41, 5.74) is 0.0912. The van der Waals surface area contributed by atoms with Gasteiger partial charge in [-0.25, -0.2) is 4.79 Å². The Hall–Kier alpha value is -1.99. The van der Waals surface area contributed by atoms with Crippen molar-refractivity contribution in [3.8, 4) is 0 Å². The number of carbonyl (C=O) groups is 3. The summed E-state index contributed by atoms with van der Waals surface area (Å²) in [4.78, 5) is 37.9. The third kappa shape index (κ3) is 3.51. The van der Waals surface area contributed by atoms with Gasteiger partial charge >= 0.3 is 11.9 Å². The zero-order chi connectivity index (χ0) is 28.1. The van der Waals surface area contributed by atoms with E-state index < -0.39 is 23.1 Å². The molecule has 0 radical (unpaired) electrons. The number of ketones is 1. The van der Waals surface area contributed by atoms with Crippen LogP contribution in [-0.2, 0) is 28.6 Å². The number of epoxide rings is 1. The van der Waals surface area contributed by atoms with E-state index in [1.54, 1.807) is 12.2 Å². The number of aliphatic hydroxyl groups excluding tert-OH is 1. The fraction of sp³-hybridized carbons (Fsp3) is 0.781. The van der Waals surface area contributed by atoms with E-state index in [9.17, 15) is 19.5 Å². The first-order chi connectivity index (χ1) is 18.4. The second kappa shape index (κ2) is 9.01. The smallest absolute Gasteiger partial charge is 0.337 e. The molecule has 2 heterocycles. The lowest BCUT2D eigenvalue weighted by Crippen LogP contribution is -2.67. The lowest BCUT2D eigenvalue weighted by molar-refractivity contribution is -0.165. The second-order valence-corrected chi connectivity index (χ2v) is 14.0. The lowest BCUT2D eigenvalue weighted by Gasteiger charge is -2.60. The largest absolute Gasteiger partial charge is 0.461 e. The topological polar surface area (TPSA) is 102 Å². The van der Waals surface area contributed by atoms with E-state index >= 15 is 0 Å². The summed E-state index contributed by atoms with van der Waals surface area (Å²) >= 11 is 0. The molecule has 0 aromatic carbocycles. The zero-order valence-electron chi connectivity index (χ0n) is 24.2. The molecular weight excluding hydrogens is 496 g/mol. The van der Waals surface area contributed by atoms with E-state index in [1.165, 1.54) is 6.92 Å². The van der Waals surface area contributed by atoms with Gasteiger partial charge in [0, 0.05) is 13.3 Å². The Morgan fingerprint density at radius 3 is 2.59 bits per heavy atom. The molecule has 39 heavy (non-hydrogen) atoms. The fourth-order valence-electron chi connectivity index (χ4n) is 10.7. The molecule has 0 aromatic rings. The highest BCUT2D eigenvalue weighted by Gasteiger charge is 2.82. The van der Waals surface area contributed by atoms with Crippen molar-refractivity contribution in [2.75, 3.05) is 6.61 Å². The first-order valence-electron chi connectivity index (χ1n) is 15.0. The molecular formula is C32H44O7. The summed E-state index contributed by atoms with van der Waals surface area (Å²) in [5, 5.41) is 11.1. The monoisotopic (exact) mass is 540 g/mol. The van der Waals surface area contributed by atoms with Crippen LogP contribution in [0.3, 0.4) is 0 Å². The predicted molar refractivity (Wildman–Crippen MR) is 143 cm³/mol. The summed E-state index contributed by atoms with van der Waals surface area (Å²) in [6.07, 6.45) is 8.08. The molecule has 4 fully saturated rings. The molecule has 4 aliphatic carbocycles. The maximum atomic E-state index is 13.8. The third-order valence-corrected chi connectivity index (χ3v) is 12.3. The van der Waals surface area contributed by atoms with Crippen molar-refractivity contribution in [2.24, 2.45) is 46.3 Å². The van der Waals surface area contributed by atoms with Gasteiger partial charge in [0.15, 0.2) is 5.78 Å². The summed E-state index contributed by atoms with van der Waals surface area (Å²) in [6.45, 7) is 12.2. The molecule has 11 atom stereocenters. The number of cyclic esters (lactones) is 1. The number of rotatable bonds is 5. The highest BCUT2D eigenvalue weighted by Crippen LogP contribution is 2.74. The van der Waals surface area contributed by atoms with Crippen molar-refractivity contribution >= 4 is 17.7 Å². The Labute approximate surface area is 231 Å². The van der Waals surface area contributed by atoms with Gasteiger partial charge in [0.25, 0.3) is 0 Å². The molecule has 1 N–H and O–H groups in total. The van der Waals surface area contributed by atoms with Gasteiger partial charge in [0.1, 0.15) is 24.4 Å². The molecule has 7 heteroatoms. The van der Waals surface area contributed by atoms with E-state index in [4.69, 9.17) is 14.2 Å². The van der Waals surface area contributed by atoms with Gasteiger partial charge < -0.3 is 19.3 Å². The van der Waals surface area contributed by atoms with Crippen LogP contribution < -0.4 is 0 Å². The van der Waals surface area contributed by atoms with Crippen molar-refractivity contribution in [2.45, 2.75) is 104 Å². The van der Waals surface area contributed by atoms with Gasteiger partial charge in [0.05, 0.1) is 17.1 Å². The first-order valence-corrected chi connectivity index (χ1v) is 15.0. The van der Waals surface area contributed by atoms with Gasteiger partial charge in [-0.05, 0) is 92.1 Å². The number of ether oxygens (including phenoxy) is 3. The van der Waals surface area contributed by atoms with Crippen molar-refractivity contribution in [1.29, 1.82) is 0 Å². The normalized spacial score (nSPS) is 47.1. The van der Waals surface area contributed by atoms with Crippen LogP contribution in [0.25, 0.3) is 0 Å². The summed E-state index contributed by atoms with van der Waals surface area (Å²) < 4.78 is 17.5. The van der Waals surface area contributed by atoms with Crippen LogP contribution in [0.15, 0.2) is 23.3 Å². The van der Waals surface area contributed by atoms with E-state index in [-0.39, 0.29) is 53.7 Å². The number of aliphatic hydroxyl groups is 1. The quantitative estimate of drug-likeness (QED) is 0.403. The number of fused-ring (bicyclic) bond motifs is 4. The molecule has 2 aliphatic heterocycles. The molecule has 6 aliphatic rings. The Kier molecular flexibility index (Phi) is 6.28. The summed E-state index contributed by atoms with van der Waals surface area (Å²) in [5.74, 6) is 1.14. The van der Waals surface area contributed by atoms with Crippen molar-refractivity contribution in [1.82, 2.24) is 0 Å². The van der Waals surface area contributed by atoms with E-state index in [2.05, 4.69) is 27.7 Å². The highest BCUT2D eigenvalue weighted by atomic mass is 16.6. The minimum atomic E-state index is -0.753. The first kappa shape index (κ1) is 27.2. The fourth-order valence-corrected chi connectivity index (χ4v) is 10.7. The third-order valence-electron chi connectivity index (χ3n) is 12.3. The minimum Gasteiger partial charge on any atom is -0.461 e. The Bertz CT molecular complexity index is 1150. The number of hydrogen-bond acceptors (Lipinski definition) is 7. The van der Waals surface area contributed by atoms with E-state index in [0.717, 1.165) is 37.7 Å². The molecule has 3 saturated carbocycles. The Balaban J connectivity index is 1.25. The summed E-state index contributed by atoms with van der Waals surface area (Å²) in [7, 11) is 0. The molecule has 0 amide bonds. The molecule has 1 saturated heterocycles. The molecule has 0 aromatic heterocycles. The standard InChI is InChI=1S/C32H44O7/c1-16(2)31-24-11-12-30(6)22(18(4)25-13-17(3)21(29(36)38-25)15-37-19(5)33)7-8-23(30)20(24)14-28-32(31,39-28)27(35)10-9-26(31)34/h9-10,16,18,20,22-25,27-28,35H,7-8,11-15H2,1-6H3/t18-,20?,22?,23?,24?,25?,27+,28+,30+,31-,32+/m0/s1. The number of carbonyl (C=O) groups excluding carboxylic acids is 3. The van der Waals surface area contributed by atoms with E-state index in [1.807, 2.05) is 6.92 Å². The molecule has 0 bridgehead atoms. The number of allylic oxidation sites excluding steroid dienone is 1. The average molecular weight is 541 g/mol. The zero-order valence-corrected chi connectivity index (χ0v) is 24.2. The van der Waals surface area contributed by atoms with Crippen LogP contribution in [0, 0.1) is 46.3 Å².